The Balaban J connectivity index is 2.71. The summed E-state index contributed by atoms with van der Waals surface area (Å²) >= 11 is 0. The number of ether oxygens (including phenoxy) is 5. The third-order valence-electron chi connectivity index (χ3n) is 7.31. The summed E-state index contributed by atoms with van der Waals surface area (Å²) in [6.45, 7) is 7.29. The molecule has 41 heavy (non-hydrogen) atoms. The zero-order valence-corrected chi connectivity index (χ0v) is 25.0. The Bertz CT molecular complexity index is 1150. The van der Waals surface area contributed by atoms with Crippen molar-refractivity contribution in [3.8, 4) is 11.5 Å². The van der Waals surface area contributed by atoms with E-state index in [1.165, 1.54) is 26.4 Å². The minimum absolute atomic E-state index is 0.0325. The molecule has 0 saturated heterocycles. The number of aromatic hydroxyl groups is 2. The van der Waals surface area contributed by atoms with Crippen molar-refractivity contribution in [1.82, 2.24) is 0 Å². The van der Waals surface area contributed by atoms with Crippen LogP contribution in [0.15, 0.2) is 47.6 Å². The van der Waals surface area contributed by atoms with Gasteiger partial charge in [-0.15, -0.1) is 0 Å². The number of anilines is 1. The smallest absolute Gasteiger partial charge is 0.405 e. The summed E-state index contributed by atoms with van der Waals surface area (Å²) in [5.41, 5.74) is 6.71. The van der Waals surface area contributed by atoms with E-state index in [0.29, 0.717) is 23.1 Å². The van der Waals surface area contributed by atoms with Crippen LogP contribution in [0, 0.1) is 11.8 Å². The summed E-state index contributed by atoms with van der Waals surface area (Å²) < 4.78 is 28.6. The lowest BCUT2D eigenvalue weighted by Gasteiger charge is -2.33. The molecule has 11 heteroatoms. The SMILES string of the molecule is CO[C@H]1[C@@H](OC)C[C@H](C)[C@@H](OC)c2cc(O)cc(c2O)NC(=O)C(C)=CC=C[C@H](OC)[C@@H](OC(N)=O)C(C)=C[C@@H]1C. The van der Waals surface area contributed by atoms with Crippen LogP contribution in [0.3, 0.4) is 0 Å². The number of carbonyl (C=O) groups is 2. The molecule has 2 rings (SSSR count). The van der Waals surface area contributed by atoms with Crippen LogP contribution < -0.4 is 11.1 Å². The average Bonchev–Trinajstić information content (AvgIpc) is 2.91. The Labute approximate surface area is 241 Å². The molecule has 2 amide bonds. The van der Waals surface area contributed by atoms with Crippen LogP contribution in [0.4, 0.5) is 10.5 Å². The maximum absolute atomic E-state index is 12.9. The van der Waals surface area contributed by atoms with E-state index in [1.54, 1.807) is 46.3 Å². The monoisotopic (exact) mass is 576 g/mol. The third-order valence-corrected chi connectivity index (χ3v) is 7.31. The summed E-state index contributed by atoms with van der Waals surface area (Å²) in [6.07, 6.45) is 3.14. The van der Waals surface area contributed by atoms with Gasteiger partial charge in [0.15, 0.2) is 6.10 Å². The van der Waals surface area contributed by atoms with Crippen molar-refractivity contribution >= 4 is 17.7 Å². The van der Waals surface area contributed by atoms with E-state index < -0.39 is 42.5 Å². The second-order valence-corrected chi connectivity index (χ2v) is 10.3. The molecule has 11 nitrogen and oxygen atoms in total. The molecule has 1 aromatic carbocycles. The number of hydrogen-bond donors (Lipinski definition) is 4. The van der Waals surface area contributed by atoms with Gasteiger partial charge in [0.05, 0.1) is 24.0 Å². The van der Waals surface area contributed by atoms with Crippen LogP contribution in [-0.2, 0) is 28.5 Å². The average molecular weight is 577 g/mol. The van der Waals surface area contributed by atoms with Crippen LogP contribution in [0.25, 0.3) is 0 Å². The highest BCUT2D eigenvalue weighted by molar-refractivity contribution is 6.04. The number of allylic oxidation sites excluding steroid dienone is 2. The first-order valence-corrected chi connectivity index (χ1v) is 13.4. The number of methoxy groups -OCH3 is 4. The quantitative estimate of drug-likeness (QED) is 0.227. The van der Waals surface area contributed by atoms with Crippen LogP contribution in [0.5, 0.6) is 11.5 Å². The molecule has 2 bridgehead atoms. The summed E-state index contributed by atoms with van der Waals surface area (Å²) in [5, 5.41) is 24.2. The summed E-state index contributed by atoms with van der Waals surface area (Å²) in [5.74, 6) is -1.30. The van der Waals surface area contributed by atoms with Crippen molar-refractivity contribution in [1.29, 1.82) is 0 Å². The molecule has 7 atom stereocenters. The Morgan fingerprint density at radius 3 is 2.24 bits per heavy atom. The Morgan fingerprint density at radius 2 is 1.68 bits per heavy atom. The number of benzene rings is 1. The van der Waals surface area contributed by atoms with E-state index >= 15 is 0 Å². The van der Waals surface area contributed by atoms with Crippen molar-refractivity contribution in [2.45, 2.75) is 64.6 Å². The van der Waals surface area contributed by atoms with Gasteiger partial charge in [0.25, 0.3) is 5.91 Å². The molecule has 0 unspecified atom stereocenters. The molecular weight excluding hydrogens is 532 g/mol. The molecule has 5 N–H and O–H groups in total. The normalized spacial score (nSPS) is 28.4. The Kier molecular flexibility index (Phi) is 12.8. The highest BCUT2D eigenvalue weighted by Crippen LogP contribution is 2.41. The second-order valence-electron chi connectivity index (χ2n) is 10.3. The Hall–Kier alpha value is -3.38. The number of nitrogens with two attached hydrogens (primary N) is 1. The number of fused-ring (bicyclic) bond motifs is 2. The minimum atomic E-state index is -0.961. The van der Waals surface area contributed by atoms with Crippen molar-refractivity contribution in [2.75, 3.05) is 33.8 Å². The number of hydrogen-bond acceptors (Lipinski definition) is 9. The first kappa shape index (κ1) is 33.8. The molecule has 1 aromatic rings. The van der Waals surface area contributed by atoms with Gasteiger partial charge in [-0.3, -0.25) is 4.79 Å². The number of nitrogens with one attached hydrogen (secondary N) is 1. The van der Waals surface area contributed by atoms with Gasteiger partial charge in [-0.05, 0) is 37.8 Å². The maximum atomic E-state index is 12.9. The van der Waals surface area contributed by atoms with E-state index in [-0.39, 0.29) is 29.0 Å². The molecule has 0 spiro atoms. The van der Waals surface area contributed by atoms with Crippen LogP contribution in [0.2, 0.25) is 0 Å². The molecule has 0 saturated carbocycles. The van der Waals surface area contributed by atoms with Crippen molar-refractivity contribution < 1.29 is 43.5 Å². The fourth-order valence-electron chi connectivity index (χ4n) is 5.24. The molecule has 0 fully saturated rings. The molecule has 1 aliphatic heterocycles. The van der Waals surface area contributed by atoms with Crippen LogP contribution >= 0.6 is 0 Å². The summed E-state index contributed by atoms with van der Waals surface area (Å²) in [6, 6.07) is 2.68. The first-order valence-electron chi connectivity index (χ1n) is 13.4. The predicted octanol–water partition coefficient (Wildman–Crippen LogP) is 4.36. The highest BCUT2D eigenvalue weighted by Gasteiger charge is 2.33. The largest absolute Gasteiger partial charge is 0.508 e. The lowest BCUT2D eigenvalue weighted by atomic mass is 9.86. The first-order chi connectivity index (χ1) is 19.4. The molecular formula is C30H44N2O9. The highest BCUT2D eigenvalue weighted by atomic mass is 16.6. The molecule has 0 radical (unpaired) electrons. The topological polar surface area (TPSA) is 159 Å². The number of rotatable bonds is 5. The van der Waals surface area contributed by atoms with E-state index in [9.17, 15) is 19.8 Å². The van der Waals surface area contributed by atoms with Crippen molar-refractivity contribution in [3.63, 3.8) is 0 Å². The molecule has 1 heterocycles. The number of phenols is 2. The number of carbonyl (C=O) groups excluding carboxylic acids is 2. The van der Waals surface area contributed by atoms with Gasteiger partial charge in [-0.25, -0.2) is 4.79 Å². The molecule has 0 aliphatic carbocycles. The lowest BCUT2D eigenvalue weighted by Crippen LogP contribution is -2.38. The predicted molar refractivity (Wildman–Crippen MR) is 155 cm³/mol. The van der Waals surface area contributed by atoms with Gasteiger partial charge in [0.2, 0.25) is 0 Å². The summed E-state index contributed by atoms with van der Waals surface area (Å²) in [7, 11) is 6.15. The van der Waals surface area contributed by atoms with E-state index in [4.69, 9.17) is 29.4 Å². The fourth-order valence-corrected chi connectivity index (χ4v) is 5.24. The Morgan fingerprint density at radius 1 is 1.00 bits per heavy atom. The molecule has 0 aromatic heterocycles. The number of amides is 2. The third kappa shape index (κ3) is 8.80. The van der Waals surface area contributed by atoms with Crippen LogP contribution in [0.1, 0.15) is 45.8 Å². The lowest BCUT2D eigenvalue weighted by molar-refractivity contribution is -0.112. The maximum Gasteiger partial charge on any atom is 0.405 e. The van der Waals surface area contributed by atoms with Crippen LogP contribution in [-0.4, -0.2) is 75.1 Å². The van der Waals surface area contributed by atoms with Gasteiger partial charge in [0, 0.05) is 51.6 Å². The molecule has 228 valence electrons. The summed E-state index contributed by atoms with van der Waals surface area (Å²) in [4.78, 5) is 24.7. The zero-order valence-electron chi connectivity index (χ0n) is 25.0. The number of primary amides is 1. The fraction of sp³-hybridized carbons (Fsp3) is 0.533. The van der Waals surface area contributed by atoms with Crippen molar-refractivity contribution in [3.05, 3.63) is 53.1 Å². The van der Waals surface area contributed by atoms with E-state index in [1.807, 2.05) is 19.9 Å². The van der Waals surface area contributed by atoms with Gasteiger partial charge >= 0.3 is 6.09 Å². The second kappa shape index (κ2) is 15.6. The van der Waals surface area contributed by atoms with Gasteiger partial charge in [0.1, 0.15) is 17.6 Å². The van der Waals surface area contributed by atoms with E-state index in [0.717, 1.165) is 0 Å². The minimum Gasteiger partial charge on any atom is -0.508 e. The van der Waals surface area contributed by atoms with Gasteiger partial charge in [-0.2, -0.15) is 0 Å². The number of phenolic OH excluding ortho intramolecular Hbond substituents is 2. The standard InChI is InChI=1S/C30H44N2O9/c1-16-10-9-11-23(37-5)28(41-30(31)36)18(3)12-17(2)27(40-8)24(38-6)13-19(4)26(39-7)21-14-20(33)15-22(25(21)34)32-29(16)35/h9-12,14-15,17,19,23-24,26-28,33-34H,13H2,1-8H3,(H2,31,36)(H,32,35)/t17-,19-,23-,24-,26+,27+,28-/m0/s1. The molecule has 1 aliphatic rings. The van der Waals surface area contributed by atoms with Crippen molar-refractivity contribution in [2.24, 2.45) is 17.6 Å². The zero-order chi connectivity index (χ0) is 30.9. The van der Waals surface area contributed by atoms with Gasteiger partial charge < -0.3 is 44.9 Å². The van der Waals surface area contributed by atoms with E-state index in [2.05, 4.69) is 5.32 Å². The van der Waals surface area contributed by atoms with Gasteiger partial charge in [-0.1, -0.05) is 38.2 Å².